The number of nitrogens with one attached hydrogen (secondary N) is 1. The number of hydrogen-bond donors (Lipinski definition) is 2. The molecule has 0 unspecified atom stereocenters. The second kappa shape index (κ2) is 8.40. The summed E-state index contributed by atoms with van der Waals surface area (Å²) in [6.07, 6.45) is 3.36. The van der Waals surface area contributed by atoms with Gasteiger partial charge in [0.25, 0.3) is 11.5 Å². The summed E-state index contributed by atoms with van der Waals surface area (Å²) in [5.41, 5.74) is 9.65. The van der Waals surface area contributed by atoms with Gasteiger partial charge in [-0.05, 0) is 48.0 Å². The lowest BCUT2D eigenvalue weighted by Gasteiger charge is -2.09. The zero-order valence-electron chi connectivity index (χ0n) is 16.0. The van der Waals surface area contributed by atoms with Crippen molar-refractivity contribution in [1.29, 1.82) is 0 Å². The highest BCUT2D eigenvalue weighted by Crippen LogP contribution is 2.18. The van der Waals surface area contributed by atoms with Gasteiger partial charge in [-0.1, -0.05) is 24.3 Å². The van der Waals surface area contributed by atoms with Gasteiger partial charge in [0, 0.05) is 29.6 Å². The van der Waals surface area contributed by atoms with Crippen LogP contribution in [-0.4, -0.2) is 20.7 Å². The van der Waals surface area contributed by atoms with Crippen molar-refractivity contribution in [3.63, 3.8) is 0 Å². The zero-order valence-corrected chi connectivity index (χ0v) is 16.0. The summed E-state index contributed by atoms with van der Waals surface area (Å²) >= 11 is 0. The summed E-state index contributed by atoms with van der Waals surface area (Å²) in [4.78, 5) is 28.7. The van der Waals surface area contributed by atoms with Crippen LogP contribution in [-0.2, 0) is 6.54 Å². The first-order valence-corrected chi connectivity index (χ1v) is 9.33. The molecule has 2 aromatic carbocycles. The number of anilines is 2. The molecule has 7 nitrogen and oxygen atoms in total. The summed E-state index contributed by atoms with van der Waals surface area (Å²) in [5.74, 6) is -0.255. The third-order valence-corrected chi connectivity index (χ3v) is 4.60. The molecular formula is C23H19N5O2. The molecule has 4 aromatic rings. The number of nitrogen functional groups attached to an aromatic ring is 1. The largest absolute Gasteiger partial charge is 0.397 e. The highest BCUT2D eigenvalue weighted by molar-refractivity contribution is 6.05. The second-order valence-corrected chi connectivity index (χ2v) is 6.69. The Labute approximate surface area is 172 Å². The number of para-hydroxylation sites is 2. The van der Waals surface area contributed by atoms with Crippen LogP contribution in [0.1, 0.15) is 15.9 Å². The van der Waals surface area contributed by atoms with Gasteiger partial charge in [-0.3, -0.25) is 14.6 Å². The van der Waals surface area contributed by atoms with E-state index < -0.39 is 0 Å². The number of hydrogen-bond acceptors (Lipinski definition) is 5. The minimum absolute atomic E-state index is 0.200. The summed E-state index contributed by atoms with van der Waals surface area (Å²) in [5, 5.41) is 7.24. The SMILES string of the molecule is Nc1ccccc1NC(=O)c1ccc(Cn2nc(-c3ccncc3)ccc2=O)cc1. The maximum atomic E-state index is 12.5. The Bertz CT molecular complexity index is 1230. The molecule has 0 aliphatic rings. The first kappa shape index (κ1) is 19.1. The molecule has 0 bridgehead atoms. The van der Waals surface area contributed by atoms with E-state index in [9.17, 15) is 9.59 Å². The monoisotopic (exact) mass is 397 g/mol. The number of rotatable bonds is 5. The van der Waals surface area contributed by atoms with E-state index in [4.69, 9.17) is 5.73 Å². The predicted molar refractivity (Wildman–Crippen MR) is 116 cm³/mol. The second-order valence-electron chi connectivity index (χ2n) is 6.69. The van der Waals surface area contributed by atoms with Crippen molar-refractivity contribution in [2.45, 2.75) is 6.54 Å². The molecule has 0 radical (unpaired) electrons. The number of benzene rings is 2. The fourth-order valence-electron chi connectivity index (χ4n) is 2.98. The Morgan fingerprint density at radius 2 is 1.67 bits per heavy atom. The van der Waals surface area contributed by atoms with Crippen LogP contribution < -0.4 is 16.6 Å². The molecule has 4 rings (SSSR count). The molecular weight excluding hydrogens is 378 g/mol. The van der Waals surface area contributed by atoms with E-state index in [1.165, 1.54) is 10.7 Å². The maximum Gasteiger partial charge on any atom is 0.267 e. The number of carbonyl (C=O) groups excluding carboxylic acids is 1. The lowest BCUT2D eigenvalue weighted by molar-refractivity contribution is 0.102. The van der Waals surface area contributed by atoms with E-state index in [0.29, 0.717) is 29.2 Å². The fourth-order valence-corrected chi connectivity index (χ4v) is 2.98. The molecule has 2 heterocycles. The van der Waals surface area contributed by atoms with Crippen molar-refractivity contribution < 1.29 is 4.79 Å². The predicted octanol–water partition coefficient (Wildman–Crippen LogP) is 3.19. The van der Waals surface area contributed by atoms with Gasteiger partial charge in [0.05, 0.1) is 23.6 Å². The number of nitrogens with zero attached hydrogens (tertiary/aromatic N) is 3. The molecule has 0 saturated heterocycles. The molecule has 1 amide bonds. The number of carbonyl (C=O) groups is 1. The first-order valence-electron chi connectivity index (χ1n) is 9.33. The molecule has 2 aromatic heterocycles. The summed E-state index contributed by atoms with van der Waals surface area (Å²) < 4.78 is 1.40. The van der Waals surface area contributed by atoms with Gasteiger partial charge in [-0.15, -0.1) is 0 Å². The van der Waals surface area contributed by atoms with Gasteiger partial charge in [0.1, 0.15) is 0 Å². The first-order chi connectivity index (χ1) is 14.6. The number of pyridine rings is 1. The lowest BCUT2D eigenvalue weighted by Crippen LogP contribution is -2.23. The highest BCUT2D eigenvalue weighted by atomic mass is 16.1. The highest BCUT2D eigenvalue weighted by Gasteiger charge is 2.09. The number of amides is 1. The van der Waals surface area contributed by atoms with E-state index in [1.807, 2.05) is 12.1 Å². The van der Waals surface area contributed by atoms with Crippen LogP contribution in [0.4, 0.5) is 11.4 Å². The smallest absolute Gasteiger partial charge is 0.267 e. The lowest BCUT2D eigenvalue weighted by atomic mass is 10.1. The standard InChI is InChI=1S/C23H19N5O2/c24-19-3-1-2-4-21(19)26-23(30)18-7-5-16(6-8-18)15-28-22(29)10-9-20(27-28)17-11-13-25-14-12-17/h1-14H,15,24H2,(H,26,30). The molecule has 0 spiro atoms. The van der Waals surface area contributed by atoms with Crippen LogP contribution in [0.5, 0.6) is 0 Å². The Hall–Kier alpha value is -4.26. The van der Waals surface area contributed by atoms with Crippen LogP contribution in [0.25, 0.3) is 11.3 Å². The van der Waals surface area contributed by atoms with Crippen molar-refractivity contribution in [2.75, 3.05) is 11.1 Å². The maximum absolute atomic E-state index is 12.5. The zero-order chi connectivity index (χ0) is 20.9. The molecule has 0 fully saturated rings. The third kappa shape index (κ3) is 4.25. The minimum atomic E-state index is -0.255. The van der Waals surface area contributed by atoms with Gasteiger partial charge in [-0.2, -0.15) is 5.10 Å². The summed E-state index contributed by atoms with van der Waals surface area (Å²) in [7, 11) is 0. The van der Waals surface area contributed by atoms with Crippen LogP contribution >= 0.6 is 0 Å². The molecule has 0 aliphatic carbocycles. The van der Waals surface area contributed by atoms with E-state index in [1.54, 1.807) is 67.0 Å². The quantitative estimate of drug-likeness (QED) is 0.504. The van der Waals surface area contributed by atoms with Gasteiger partial charge < -0.3 is 11.1 Å². The Morgan fingerprint density at radius 3 is 2.40 bits per heavy atom. The average molecular weight is 397 g/mol. The Balaban J connectivity index is 1.51. The topological polar surface area (TPSA) is 103 Å². The molecule has 0 saturated carbocycles. The molecule has 0 atom stereocenters. The molecule has 3 N–H and O–H groups in total. The van der Waals surface area contributed by atoms with Crippen molar-refractivity contribution >= 4 is 17.3 Å². The number of nitrogens with two attached hydrogens (primary N) is 1. The van der Waals surface area contributed by atoms with E-state index >= 15 is 0 Å². The van der Waals surface area contributed by atoms with Crippen LogP contribution in [0.15, 0.2) is 90.0 Å². The van der Waals surface area contributed by atoms with Crippen LogP contribution in [0.2, 0.25) is 0 Å². The summed E-state index contributed by atoms with van der Waals surface area (Å²) in [6, 6.07) is 21.0. The number of aromatic nitrogens is 3. The van der Waals surface area contributed by atoms with Crippen molar-refractivity contribution in [3.05, 3.63) is 107 Å². The Morgan fingerprint density at radius 1 is 0.933 bits per heavy atom. The normalized spacial score (nSPS) is 10.5. The minimum Gasteiger partial charge on any atom is -0.397 e. The van der Waals surface area contributed by atoms with Gasteiger partial charge in [0.2, 0.25) is 0 Å². The van der Waals surface area contributed by atoms with Gasteiger partial charge >= 0.3 is 0 Å². The van der Waals surface area contributed by atoms with Gasteiger partial charge in [0.15, 0.2) is 0 Å². The van der Waals surface area contributed by atoms with Crippen molar-refractivity contribution in [3.8, 4) is 11.3 Å². The third-order valence-electron chi connectivity index (χ3n) is 4.60. The molecule has 0 aliphatic heterocycles. The molecule has 148 valence electrons. The average Bonchev–Trinajstić information content (AvgIpc) is 2.78. The molecule has 30 heavy (non-hydrogen) atoms. The van der Waals surface area contributed by atoms with Crippen LogP contribution in [0, 0.1) is 0 Å². The van der Waals surface area contributed by atoms with Gasteiger partial charge in [-0.25, -0.2) is 4.68 Å². The van der Waals surface area contributed by atoms with E-state index in [-0.39, 0.29) is 11.5 Å². The fraction of sp³-hybridized carbons (Fsp3) is 0.0435. The van der Waals surface area contributed by atoms with Crippen molar-refractivity contribution in [1.82, 2.24) is 14.8 Å². The van der Waals surface area contributed by atoms with Crippen LogP contribution in [0.3, 0.4) is 0 Å². The van der Waals surface area contributed by atoms with E-state index in [0.717, 1.165) is 11.1 Å². The Kier molecular flexibility index (Phi) is 5.34. The summed E-state index contributed by atoms with van der Waals surface area (Å²) in [6.45, 7) is 0.297. The molecule has 7 heteroatoms. The van der Waals surface area contributed by atoms with E-state index in [2.05, 4.69) is 15.4 Å². The van der Waals surface area contributed by atoms with Crippen molar-refractivity contribution in [2.24, 2.45) is 0 Å².